The van der Waals surface area contributed by atoms with Gasteiger partial charge in [0.2, 0.25) is 0 Å². The first-order chi connectivity index (χ1) is 14.1. The first-order valence-electron chi connectivity index (χ1n) is 8.65. The molecule has 144 valence electrons. The molecule has 2 N–H and O–H groups in total. The number of imidazole rings is 1. The van der Waals surface area contributed by atoms with E-state index in [2.05, 4.69) is 52.8 Å². The molecule has 0 bridgehead atoms. The first kappa shape index (κ1) is 18.1. The van der Waals surface area contributed by atoms with Gasteiger partial charge in [0.05, 0.1) is 33.0 Å². The number of hydrogen-bond acceptors (Lipinski definition) is 8. The van der Waals surface area contributed by atoms with Crippen molar-refractivity contribution in [3.05, 3.63) is 62.2 Å². The minimum Gasteiger partial charge on any atom is -0.360 e. The fraction of sp³-hybridized carbons (Fsp3) is 0.111. The number of aromatic nitrogens is 7. The lowest BCUT2D eigenvalue weighted by Crippen LogP contribution is -2.23. The molecule has 29 heavy (non-hydrogen) atoms. The Morgan fingerprint density at radius 1 is 1.24 bits per heavy atom. The number of pyridine rings is 1. The molecule has 5 heterocycles. The maximum absolute atomic E-state index is 13.4. The maximum atomic E-state index is 13.4. The molecule has 1 atom stereocenters. The number of halogens is 1. The molecular weight excluding hydrogens is 503 g/mol. The van der Waals surface area contributed by atoms with Crippen LogP contribution in [-0.4, -0.2) is 34.3 Å². The molecule has 9 nitrogen and oxygen atoms in total. The van der Waals surface area contributed by atoms with Gasteiger partial charge in [0.15, 0.2) is 16.4 Å². The molecule has 0 radical (unpaired) electrons. The Morgan fingerprint density at radius 2 is 2.14 bits per heavy atom. The topological polar surface area (TPSA) is 114 Å². The van der Waals surface area contributed by atoms with Crippen molar-refractivity contribution < 1.29 is 0 Å². The molecule has 0 aliphatic rings. The van der Waals surface area contributed by atoms with Gasteiger partial charge in [0.1, 0.15) is 11.8 Å². The highest BCUT2D eigenvalue weighted by atomic mass is 127. The van der Waals surface area contributed by atoms with Gasteiger partial charge in [-0.2, -0.15) is 0 Å². The molecule has 0 spiro atoms. The molecule has 0 fully saturated rings. The Balaban J connectivity index is 1.69. The average Bonchev–Trinajstić information content (AvgIpc) is 3.36. The predicted octanol–water partition coefficient (Wildman–Crippen LogP) is 3.26. The van der Waals surface area contributed by atoms with E-state index in [4.69, 9.17) is 4.98 Å². The van der Waals surface area contributed by atoms with Crippen LogP contribution in [0.25, 0.3) is 27.4 Å². The number of thiazole rings is 1. The molecule has 0 amide bonds. The van der Waals surface area contributed by atoms with Crippen LogP contribution < -0.4 is 10.9 Å². The summed E-state index contributed by atoms with van der Waals surface area (Å²) in [5, 5.41) is 5.25. The number of H-pyrrole nitrogens is 1. The van der Waals surface area contributed by atoms with Crippen molar-refractivity contribution in [2.45, 2.75) is 13.0 Å². The van der Waals surface area contributed by atoms with Crippen LogP contribution in [0.4, 0.5) is 5.82 Å². The third-order valence-electron chi connectivity index (χ3n) is 4.46. The van der Waals surface area contributed by atoms with Crippen LogP contribution in [0.15, 0.2) is 47.2 Å². The smallest absolute Gasteiger partial charge is 0.269 e. The Labute approximate surface area is 181 Å². The Kier molecular flexibility index (Phi) is 4.47. The summed E-state index contributed by atoms with van der Waals surface area (Å²) in [5.41, 5.74) is 2.78. The normalized spacial score (nSPS) is 12.5. The van der Waals surface area contributed by atoms with Gasteiger partial charge >= 0.3 is 0 Å². The zero-order valence-corrected chi connectivity index (χ0v) is 18.0. The number of rotatable bonds is 4. The summed E-state index contributed by atoms with van der Waals surface area (Å²) >= 11 is 3.57. The van der Waals surface area contributed by atoms with Gasteiger partial charge in [0.25, 0.3) is 5.56 Å². The van der Waals surface area contributed by atoms with Crippen LogP contribution in [-0.2, 0) is 0 Å². The second-order valence-corrected chi connectivity index (χ2v) is 8.20. The number of nitrogens with one attached hydrogen (secondary N) is 2. The van der Waals surface area contributed by atoms with Crippen molar-refractivity contribution in [1.82, 2.24) is 34.3 Å². The van der Waals surface area contributed by atoms with Crippen LogP contribution in [0.1, 0.15) is 18.7 Å². The van der Waals surface area contributed by atoms with Gasteiger partial charge in [-0.1, -0.05) is 6.07 Å². The van der Waals surface area contributed by atoms with Gasteiger partial charge in [-0.3, -0.25) is 9.78 Å². The molecule has 0 aliphatic heterocycles. The average molecular weight is 516 g/mol. The van der Waals surface area contributed by atoms with Gasteiger partial charge < -0.3 is 10.3 Å². The van der Waals surface area contributed by atoms with Gasteiger partial charge in [-0.05, 0) is 41.6 Å². The predicted molar refractivity (Wildman–Crippen MR) is 119 cm³/mol. The second-order valence-electron chi connectivity index (χ2n) is 6.26. The van der Waals surface area contributed by atoms with E-state index in [1.165, 1.54) is 17.7 Å². The van der Waals surface area contributed by atoms with Gasteiger partial charge in [-0.15, -0.1) is 11.3 Å². The van der Waals surface area contributed by atoms with E-state index in [1.54, 1.807) is 16.9 Å². The highest BCUT2D eigenvalue weighted by Gasteiger charge is 2.23. The minimum atomic E-state index is -0.314. The Morgan fingerprint density at radius 3 is 2.97 bits per heavy atom. The molecule has 0 aromatic carbocycles. The van der Waals surface area contributed by atoms with E-state index in [0.717, 1.165) is 3.70 Å². The van der Waals surface area contributed by atoms with E-state index in [9.17, 15) is 4.79 Å². The van der Waals surface area contributed by atoms with Crippen molar-refractivity contribution in [2.75, 3.05) is 5.32 Å². The lowest BCUT2D eigenvalue weighted by Gasteiger charge is -2.17. The van der Waals surface area contributed by atoms with Crippen LogP contribution in [0.3, 0.4) is 0 Å². The lowest BCUT2D eigenvalue weighted by atomic mass is 10.1. The van der Waals surface area contributed by atoms with E-state index in [-0.39, 0.29) is 11.6 Å². The fourth-order valence-electron chi connectivity index (χ4n) is 3.15. The minimum absolute atomic E-state index is 0.141. The van der Waals surface area contributed by atoms with Crippen LogP contribution in [0.2, 0.25) is 0 Å². The SMILES string of the molecule is CC(Nc1ncnc2nc[nH]c12)c1nc2scc(I)n2c(=O)c1-c1ccccn1. The quantitative estimate of drug-likeness (QED) is 0.353. The van der Waals surface area contributed by atoms with Crippen LogP contribution >= 0.6 is 33.9 Å². The number of fused-ring (bicyclic) bond motifs is 2. The van der Waals surface area contributed by atoms with E-state index < -0.39 is 0 Å². The molecule has 5 aromatic rings. The zero-order valence-electron chi connectivity index (χ0n) is 15.0. The van der Waals surface area contributed by atoms with Crippen molar-refractivity contribution in [3.63, 3.8) is 0 Å². The number of hydrogen-bond donors (Lipinski definition) is 2. The molecule has 0 aliphatic carbocycles. The molecular formula is C18H13IN8OS. The Bertz CT molecular complexity index is 1390. The summed E-state index contributed by atoms with van der Waals surface area (Å²) in [5.74, 6) is 0.592. The summed E-state index contributed by atoms with van der Waals surface area (Å²) in [6.45, 7) is 1.94. The van der Waals surface area contributed by atoms with Crippen molar-refractivity contribution >= 4 is 55.9 Å². The van der Waals surface area contributed by atoms with Gasteiger partial charge in [-0.25, -0.2) is 24.3 Å². The second kappa shape index (κ2) is 7.15. The molecule has 0 saturated heterocycles. The number of aromatic amines is 1. The molecule has 5 rings (SSSR count). The standard InChI is InChI=1S/C18H13IN8OS/c1-9(25-16-14-15(22-7-21-14)23-8-24-16)13-12(10-4-2-3-5-20-10)17(28)27-11(19)6-29-18(27)26-13/h2-9H,1H3,(H2,21,22,23,24,25). The molecule has 0 saturated carbocycles. The first-order valence-corrected chi connectivity index (χ1v) is 10.6. The van der Waals surface area contributed by atoms with Crippen LogP contribution in [0.5, 0.6) is 0 Å². The van der Waals surface area contributed by atoms with Crippen molar-refractivity contribution in [2.24, 2.45) is 0 Å². The highest BCUT2D eigenvalue weighted by molar-refractivity contribution is 14.1. The summed E-state index contributed by atoms with van der Waals surface area (Å²) in [4.78, 5) is 38.9. The molecule has 5 aromatic heterocycles. The molecule has 11 heteroatoms. The number of anilines is 1. The lowest BCUT2D eigenvalue weighted by molar-refractivity contribution is 0.825. The van der Waals surface area contributed by atoms with Gasteiger partial charge in [0, 0.05) is 11.6 Å². The van der Waals surface area contributed by atoms with Crippen molar-refractivity contribution in [1.29, 1.82) is 0 Å². The highest BCUT2D eigenvalue weighted by Crippen LogP contribution is 2.28. The third kappa shape index (κ3) is 3.06. The summed E-state index contributed by atoms with van der Waals surface area (Å²) < 4.78 is 2.43. The summed E-state index contributed by atoms with van der Waals surface area (Å²) in [6.07, 6.45) is 4.69. The van der Waals surface area contributed by atoms with Crippen LogP contribution in [0, 0.1) is 3.70 Å². The van der Waals surface area contributed by atoms with E-state index in [1.807, 2.05) is 30.5 Å². The summed E-state index contributed by atoms with van der Waals surface area (Å²) in [7, 11) is 0. The third-order valence-corrected chi connectivity index (χ3v) is 6.51. The fourth-order valence-corrected chi connectivity index (χ4v) is 4.89. The monoisotopic (exact) mass is 516 g/mol. The number of nitrogens with zero attached hydrogens (tertiary/aromatic N) is 6. The van der Waals surface area contributed by atoms with E-state index >= 15 is 0 Å². The maximum Gasteiger partial charge on any atom is 0.269 e. The largest absolute Gasteiger partial charge is 0.360 e. The Hall–Kier alpha value is -2.93. The van der Waals surface area contributed by atoms with E-state index in [0.29, 0.717) is 38.9 Å². The zero-order chi connectivity index (χ0) is 20.0. The molecule has 1 unspecified atom stereocenters. The van der Waals surface area contributed by atoms with Crippen molar-refractivity contribution in [3.8, 4) is 11.3 Å². The summed E-state index contributed by atoms with van der Waals surface area (Å²) in [6, 6.07) is 5.18.